The number of carbonyl (C=O) groups is 1. The molecule has 1 aromatic carbocycles. The molecule has 25 heavy (non-hydrogen) atoms. The Morgan fingerprint density at radius 1 is 1.32 bits per heavy atom. The van der Waals surface area contributed by atoms with E-state index >= 15 is 0 Å². The standard InChI is InChI=1S/C18H29N3O2.2ClH/c1-14(19)8-9-18(22)20-13-17(21-10-3-4-11-21)15-6-5-7-16(12-15)23-2;;/h5-7,12,14,17H,3-4,8-11,13,19H2,1-2H3,(H,20,22);2*1H. The van der Waals surface area contributed by atoms with Crippen molar-refractivity contribution < 1.29 is 9.53 Å². The van der Waals surface area contributed by atoms with Crippen molar-refractivity contribution in [3.8, 4) is 5.75 Å². The van der Waals surface area contributed by atoms with Crippen LogP contribution in [0.25, 0.3) is 0 Å². The van der Waals surface area contributed by atoms with Crippen LogP contribution in [0.3, 0.4) is 0 Å². The lowest BCUT2D eigenvalue weighted by atomic mass is 10.0. The number of carbonyl (C=O) groups excluding carboxylic acids is 1. The Morgan fingerprint density at radius 3 is 2.60 bits per heavy atom. The van der Waals surface area contributed by atoms with E-state index in [-0.39, 0.29) is 42.8 Å². The molecule has 1 fully saturated rings. The molecule has 3 N–H and O–H groups in total. The largest absolute Gasteiger partial charge is 0.497 e. The van der Waals surface area contributed by atoms with Gasteiger partial charge in [-0.2, -0.15) is 0 Å². The number of likely N-dealkylation sites (tertiary alicyclic amines) is 1. The highest BCUT2D eigenvalue weighted by molar-refractivity contribution is 5.85. The van der Waals surface area contributed by atoms with Crippen molar-refractivity contribution >= 4 is 30.7 Å². The van der Waals surface area contributed by atoms with Crippen molar-refractivity contribution in [3.63, 3.8) is 0 Å². The monoisotopic (exact) mass is 391 g/mol. The molecule has 1 aromatic rings. The summed E-state index contributed by atoms with van der Waals surface area (Å²) in [5.74, 6) is 0.935. The van der Waals surface area contributed by atoms with E-state index in [0.717, 1.165) is 25.3 Å². The van der Waals surface area contributed by atoms with Gasteiger partial charge in [-0.3, -0.25) is 9.69 Å². The lowest BCUT2D eigenvalue weighted by Gasteiger charge is -2.28. The Labute approximate surface area is 163 Å². The van der Waals surface area contributed by atoms with Gasteiger partial charge in [0.1, 0.15) is 5.75 Å². The molecule has 0 spiro atoms. The predicted molar refractivity (Wildman–Crippen MR) is 107 cm³/mol. The van der Waals surface area contributed by atoms with Crippen molar-refractivity contribution in [1.29, 1.82) is 0 Å². The first kappa shape index (κ1) is 24.0. The highest BCUT2D eigenvalue weighted by Crippen LogP contribution is 2.27. The summed E-state index contributed by atoms with van der Waals surface area (Å²) < 4.78 is 5.34. The van der Waals surface area contributed by atoms with Crippen LogP contribution in [0.4, 0.5) is 0 Å². The molecule has 7 heteroatoms. The van der Waals surface area contributed by atoms with Gasteiger partial charge in [-0.05, 0) is 57.0 Å². The number of hydrogen-bond donors (Lipinski definition) is 2. The van der Waals surface area contributed by atoms with Gasteiger partial charge in [0.15, 0.2) is 0 Å². The van der Waals surface area contributed by atoms with E-state index in [4.69, 9.17) is 10.5 Å². The minimum absolute atomic E-state index is 0. The predicted octanol–water partition coefficient (Wildman–Crippen LogP) is 2.92. The molecular formula is C18H31Cl2N3O2. The Balaban J connectivity index is 0.00000288. The van der Waals surface area contributed by atoms with E-state index in [1.165, 1.54) is 18.4 Å². The third-order valence-corrected chi connectivity index (χ3v) is 4.38. The van der Waals surface area contributed by atoms with Gasteiger partial charge in [-0.15, -0.1) is 24.8 Å². The highest BCUT2D eigenvalue weighted by Gasteiger charge is 2.24. The van der Waals surface area contributed by atoms with Crippen LogP contribution in [0, 0.1) is 0 Å². The van der Waals surface area contributed by atoms with Crippen LogP contribution in [0.1, 0.15) is 44.2 Å². The van der Waals surface area contributed by atoms with E-state index in [1.54, 1.807) is 7.11 Å². The van der Waals surface area contributed by atoms with Crippen LogP contribution in [0.5, 0.6) is 5.75 Å². The number of nitrogens with zero attached hydrogens (tertiary/aromatic N) is 1. The van der Waals surface area contributed by atoms with Gasteiger partial charge in [0, 0.05) is 19.0 Å². The maximum atomic E-state index is 12.0. The lowest BCUT2D eigenvalue weighted by Crippen LogP contribution is -2.37. The average molecular weight is 392 g/mol. The fourth-order valence-corrected chi connectivity index (χ4v) is 3.02. The van der Waals surface area contributed by atoms with Crippen molar-refractivity contribution in [2.45, 2.75) is 44.7 Å². The van der Waals surface area contributed by atoms with Crippen molar-refractivity contribution in [2.24, 2.45) is 5.73 Å². The minimum atomic E-state index is 0. The third kappa shape index (κ3) is 7.82. The molecule has 0 bridgehead atoms. The number of benzene rings is 1. The van der Waals surface area contributed by atoms with Gasteiger partial charge in [0.05, 0.1) is 13.2 Å². The molecule has 0 aliphatic carbocycles. The summed E-state index contributed by atoms with van der Waals surface area (Å²) in [6, 6.07) is 8.40. The Morgan fingerprint density at radius 2 is 2.00 bits per heavy atom. The van der Waals surface area contributed by atoms with Crippen LogP contribution in [-0.2, 0) is 4.79 Å². The molecule has 1 aliphatic rings. The van der Waals surface area contributed by atoms with Gasteiger partial charge in [0.25, 0.3) is 0 Å². The summed E-state index contributed by atoms with van der Waals surface area (Å²) in [6.45, 7) is 4.72. The summed E-state index contributed by atoms with van der Waals surface area (Å²) >= 11 is 0. The van der Waals surface area contributed by atoms with Crippen LogP contribution in [0.2, 0.25) is 0 Å². The van der Waals surface area contributed by atoms with Gasteiger partial charge in [-0.25, -0.2) is 0 Å². The number of nitrogens with one attached hydrogen (secondary N) is 1. The lowest BCUT2D eigenvalue weighted by molar-refractivity contribution is -0.121. The van der Waals surface area contributed by atoms with E-state index in [0.29, 0.717) is 13.0 Å². The summed E-state index contributed by atoms with van der Waals surface area (Å²) in [5.41, 5.74) is 6.91. The van der Waals surface area contributed by atoms with E-state index in [2.05, 4.69) is 22.3 Å². The highest BCUT2D eigenvalue weighted by atomic mass is 35.5. The number of hydrogen-bond acceptors (Lipinski definition) is 4. The number of nitrogens with two attached hydrogens (primary N) is 1. The zero-order chi connectivity index (χ0) is 16.7. The zero-order valence-electron chi connectivity index (χ0n) is 15.1. The Bertz CT molecular complexity index is 509. The van der Waals surface area contributed by atoms with Crippen molar-refractivity contribution in [1.82, 2.24) is 10.2 Å². The molecule has 2 atom stereocenters. The quantitative estimate of drug-likeness (QED) is 0.714. The number of methoxy groups -OCH3 is 1. The van der Waals surface area contributed by atoms with E-state index < -0.39 is 0 Å². The average Bonchev–Trinajstić information content (AvgIpc) is 3.07. The number of ether oxygens (including phenoxy) is 1. The number of halogens is 2. The molecule has 5 nitrogen and oxygen atoms in total. The number of rotatable bonds is 8. The molecule has 0 radical (unpaired) electrons. The molecule has 1 aliphatic heterocycles. The fourth-order valence-electron chi connectivity index (χ4n) is 3.02. The first-order valence-electron chi connectivity index (χ1n) is 8.50. The first-order chi connectivity index (χ1) is 11.1. The normalized spacial score (nSPS) is 16.3. The maximum absolute atomic E-state index is 12.0. The van der Waals surface area contributed by atoms with Crippen LogP contribution in [0.15, 0.2) is 24.3 Å². The molecule has 1 saturated heterocycles. The summed E-state index contributed by atoms with van der Waals surface area (Å²) in [4.78, 5) is 14.5. The second-order valence-electron chi connectivity index (χ2n) is 6.36. The fraction of sp³-hybridized carbons (Fsp3) is 0.611. The minimum Gasteiger partial charge on any atom is -0.497 e. The zero-order valence-corrected chi connectivity index (χ0v) is 16.7. The van der Waals surface area contributed by atoms with Crippen LogP contribution < -0.4 is 15.8 Å². The molecule has 0 aromatic heterocycles. The summed E-state index contributed by atoms with van der Waals surface area (Å²) in [7, 11) is 1.68. The van der Waals surface area contributed by atoms with Crippen molar-refractivity contribution in [2.75, 3.05) is 26.7 Å². The molecule has 2 rings (SSSR count). The summed E-state index contributed by atoms with van der Waals surface area (Å²) in [6.07, 6.45) is 3.65. The van der Waals surface area contributed by atoms with Gasteiger partial charge in [-0.1, -0.05) is 12.1 Å². The molecular weight excluding hydrogens is 361 g/mol. The van der Waals surface area contributed by atoms with Crippen LogP contribution >= 0.6 is 24.8 Å². The molecule has 144 valence electrons. The van der Waals surface area contributed by atoms with Gasteiger partial charge >= 0.3 is 0 Å². The second-order valence-corrected chi connectivity index (χ2v) is 6.36. The maximum Gasteiger partial charge on any atom is 0.220 e. The molecule has 1 heterocycles. The second kappa shape index (κ2) is 12.4. The number of amides is 1. The topological polar surface area (TPSA) is 67.6 Å². The van der Waals surface area contributed by atoms with Crippen molar-refractivity contribution in [3.05, 3.63) is 29.8 Å². The van der Waals surface area contributed by atoms with Gasteiger partial charge < -0.3 is 15.8 Å². The van der Waals surface area contributed by atoms with E-state index in [1.807, 2.05) is 19.1 Å². The van der Waals surface area contributed by atoms with Gasteiger partial charge in [0.2, 0.25) is 5.91 Å². The molecule has 1 amide bonds. The first-order valence-corrected chi connectivity index (χ1v) is 8.50. The smallest absolute Gasteiger partial charge is 0.220 e. The molecule has 2 unspecified atom stereocenters. The molecule has 0 saturated carbocycles. The summed E-state index contributed by atoms with van der Waals surface area (Å²) in [5, 5.41) is 3.07. The SMILES string of the molecule is COc1cccc(C(CNC(=O)CCC(C)N)N2CCCC2)c1.Cl.Cl. The van der Waals surface area contributed by atoms with Crippen LogP contribution in [-0.4, -0.2) is 43.6 Å². The Kier molecular flexibility index (Phi) is 11.9. The van der Waals surface area contributed by atoms with E-state index in [9.17, 15) is 4.79 Å². The third-order valence-electron chi connectivity index (χ3n) is 4.38. The Hall–Kier alpha value is -1.01.